The van der Waals surface area contributed by atoms with Crippen LogP contribution in [0.4, 0.5) is 0 Å². The third kappa shape index (κ3) is 3.59. The fourth-order valence-electron chi connectivity index (χ4n) is 4.14. The van der Waals surface area contributed by atoms with E-state index in [0.29, 0.717) is 16.0 Å². The summed E-state index contributed by atoms with van der Waals surface area (Å²) in [5.74, 6) is 0.703. The molecular formula is C18H24Cl3O-. The van der Waals surface area contributed by atoms with E-state index in [1.54, 1.807) is 0 Å². The van der Waals surface area contributed by atoms with Crippen LogP contribution in [0.3, 0.4) is 0 Å². The Morgan fingerprint density at radius 3 is 2.27 bits per heavy atom. The minimum absolute atomic E-state index is 0. The maximum Gasteiger partial charge on any atom is 0.0639 e. The number of halogens is 3. The Kier molecular flexibility index (Phi) is 6.48. The van der Waals surface area contributed by atoms with Gasteiger partial charge in [-0.15, -0.1) is 0 Å². The molecule has 0 spiro atoms. The van der Waals surface area contributed by atoms with E-state index >= 15 is 0 Å². The zero-order valence-electron chi connectivity index (χ0n) is 12.8. The topological polar surface area (TPSA) is 20.2 Å². The summed E-state index contributed by atoms with van der Waals surface area (Å²) in [5, 5.41) is 12.1. The SMILES string of the molecule is O[C@H](CC1CCCCC1)C1(c2ccc(Cl)c(Cl)c2)CCC1.[Cl-]. The van der Waals surface area contributed by atoms with Gasteiger partial charge in [-0.05, 0) is 42.9 Å². The molecule has 124 valence electrons. The lowest BCUT2D eigenvalue weighted by Crippen LogP contribution is -3.00. The normalized spacial score (nSPS) is 22.5. The Hall–Kier alpha value is 0.0500. The highest BCUT2D eigenvalue weighted by molar-refractivity contribution is 6.42. The molecule has 0 heterocycles. The fraction of sp³-hybridized carbons (Fsp3) is 0.667. The van der Waals surface area contributed by atoms with Crippen molar-refractivity contribution in [1.29, 1.82) is 0 Å². The lowest BCUT2D eigenvalue weighted by Gasteiger charge is -2.47. The van der Waals surface area contributed by atoms with Crippen molar-refractivity contribution in [1.82, 2.24) is 0 Å². The number of aliphatic hydroxyl groups excluding tert-OH is 1. The van der Waals surface area contributed by atoms with Gasteiger partial charge in [0.25, 0.3) is 0 Å². The van der Waals surface area contributed by atoms with Crippen LogP contribution >= 0.6 is 23.2 Å². The van der Waals surface area contributed by atoms with Gasteiger partial charge in [-0.2, -0.15) is 0 Å². The third-order valence-corrected chi connectivity index (χ3v) is 6.40. The Morgan fingerprint density at radius 2 is 1.73 bits per heavy atom. The highest BCUT2D eigenvalue weighted by Crippen LogP contribution is 2.49. The maximum absolute atomic E-state index is 10.9. The summed E-state index contributed by atoms with van der Waals surface area (Å²) in [6.07, 6.45) is 10.6. The van der Waals surface area contributed by atoms with Gasteiger partial charge in [0.15, 0.2) is 0 Å². The summed E-state index contributed by atoms with van der Waals surface area (Å²) in [4.78, 5) is 0. The molecule has 2 fully saturated rings. The molecule has 0 radical (unpaired) electrons. The van der Waals surface area contributed by atoms with Crippen LogP contribution in [-0.2, 0) is 5.41 Å². The van der Waals surface area contributed by atoms with E-state index in [1.165, 1.54) is 44.1 Å². The van der Waals surface area contributed by atoms with Crippen molar-refractivity contribution in [2.24, 2.45) is 5.92 Å². The van der Waals surface area contributed by atoms with Crippen molar-refractivity contribution >= 4 is 23.2 Å². The third-order valence-electron chi connectivity index (χ3n) is 5.66. The Bertz CT molecular complexity index is 493. The quantitative estimate of drug-likeness (QED) is 0.873. The molecule has 0 aliphatic heterocycles. The molecular weight excluding hydrogens is 339 g/mol. The van der Waals surface area contributed by atoms with E-state index in [9.17, 15) is 5.11 Å². The molecule has 4 heteroatoms. The molecule has 0 amide bonds. The van der Waals surface area contributed by atoms with E-state index in [4.69, 9.17) is 23.2 Å². The van der Waals surface area contributed by atoms with E-state index in [2.05, 4.69) is 6.07 Å². The summed E-state index contributed by atoms with van der Waals surface area (Å²) in [6, 6.07) is 5.89. The summed E-state index contributed by atoms with van der Waals surface area (Å²) in [5.41, 5.74) is 1.09. The van der Waals surface area contributed by atoms with Crippen LogP contribution in [0.25, 0.3) is 0 Å². The molecule has 3 rings (SSSR count). The molecule has 22 heavy (non-hydrogen) atoms. The highest BCUT2D eigenvalue weighted by atomic mass is 35.5. The van der Waals surface area contributed by atoms with Crippen LogP contribution in [0.5, 0.6) is 0 Å². The zero-order chi connectivity index (χ0) is 14.9. The minimum atomic E-state index is -0.244. The summed E-state index contributed by atoms with van der Waals surface area (Å²) >= 11 is 12.2. The first-order valence-electron chi connectivity index (χ1n) is 8.25. The van der Waals surface area contributed by atoms with Crippen molar-refractivity contribution < 1.29 is 17.5 Å². The molecule has 1 nitrogen and oxygen atoms in total. The molecule has 1 atom stereocenters. The summed E-state index contributed by atoms with van der Waals surface area (Å²) < 4.78 is 0. The second-order valence-electron chi connectivity index (χ2n) is 6.89. The van der Waals surface area contributed by atoms with E-state index in [-0.39, 0.29) is 23.9 Å². The largest absolute Gasteiger partial charge is 1.00 e. The molecule has 0 unspecified atom stereocenters. The fourth-order valence-corrected chi connectivity index (χ4v) is 4.44. The van der Waals surface area contributed by atoms with Gasteiger partial charge in [-0.25, -0.2) is 0 Å². The average molecular weight is 363 g/mol. The minimum Gasteiger partial charge on any atom is -1.00 e. The number of hydrogen-bond donors (Lipinski definition) is 1. The van der Waals surface area contributed by atoms with Gasteiger partial charge < -0.3 is 17.5 Å². The predicted molar refractivity (Wildman–Crippen MR) is 89.2 cm³/mol. The predicted octanol–water partition coefficient (Wildman–Crippen LogP) is 2.75. The van der Waals surface area contributed by atoms with E-state index in [0.717, 1.165) is 19.3 Å². The van der Waals surface area contributed by atoms with Crippen LogP contribution in [0.2, 0.25) is 10.0 Å². The second-order valence-corrected chi connectivity index (χ2v) is 7.71. The van der Waals surface area contributed by atoms with Gasteiger partial charge in [-0.1, -0.05) is 67.8 Å². The standard InChI is InChI=1S/C18H24Cl2O.ClH/c19-15-8-7-14(12-16(15)20)18(9-4-10-18)17(21)11-13-5-2-1-3-6-13;/h7-8,12-13,17,21H,1-6,9-11H2;1H/p-1/t17-;/m1./s1. The van der Waals surface area contributed by atoms with Crippen molar-refractivity contribution in [3.63, 3.8) is 0 Å². The molecule has 1 aromatic carbocycles. The number of rotatable bonds is 4. The van der Waals surface area contributed by atoms with Crippen molar-refractivity contribution in [3.05, 3.63) is 33.8 Å². The number of benzene rings is 1. The lowest BCUT2D eigenvalue weighted by atomic mass is 9.59. The molecule has 0 saturated heterocycles. The van der Waals surface area contributed by atoms with Crippen LogP contribution in [0.1, 0.15) is 63.4 Å². The van der Waals surface area contributed by atoms with E-state index in [1.807, 2.05) is 12.1 Å². The first-order chi connectivity index (χ1) is 10.1. The summed E-state index contributed by atoms with van der Waals surface area (Å²) in [7, 11) is 0. The number of aliphatic hydroxyl groups is 1. The van der Waals surface area contributed by atoms with Gasteiger partial charge in [0, 0.05) is 5.41 Å². The highest BCUT2D eigenvalue weighted by Gasteiger charge is 2.45. The van der Waals surface area contributed by atoms with Crippen molar-refractivity contribution in [3.8, 4) is 0 Å². The zero-order valence-corrected chi connectivity index (χ0v) is 15.1. The lowest BCUT2D eigenvalue weighted by molar-refractivity contribution is -0.0000210. The molecule has 2 saturated carbocycles. The van der Waals surface area contributed by atoms with Gasteiger partial charge >= 0.3 is 0 Å². The van der Waals surface area contributed by atoms with Gasteiger partial charge in [0.2, 0.25) is 0 Å². The van der Waals surface area contributed by atoms with Gasteiger partial charge in [0.1, 0.15) is 0 Å². The maximum atomic E-state index is 10.9. The monoisotopic (exact) mass is 361 g/mol. The second kappa shape index (κ2) is 7.75. The Morgan fingerprint density at radius 1 is 1.05 bits per heavy atom. The smallest absolute Gasteiger partial charge is 0.0639 e. The molecule has 1 aromatic rings. The van der Waals surface area contributed by atoms with Gasteiger partial charge in [0.05, 0.1) is 16.1 Å². The number of hydrogen-bond acceptors (Lipinski definition) is 1. The van der Waals surface area contributed by atoms with Crippen molar-refractivity contribution in [2.75, 3.05) is 0 Å². The van der Waals surface area contributed by atoms with Crippen LogP contribution < -0.4 is 12.4 Å². The van der Waals surface area contributed by atoms with Gasteiger partial charge in [-0.3, -0.25) is 0 Å². The molecule has 1 N–H and O–H groups in total. The molecule has 0 bridgehead atoms. The summed E-state index contributed by atoms with van der Waals surface area (Å²) in [6.45, 7) is 0. The first kappa shape index (κ1) is 18.4. The Balaban J connectivity index is 0.00000176. The first-order valence-corrected chi connectivity index (χ1v) is 9.01. The van der Waals surface area contributed by atoms with Crippen LogP contribution in [0, 0.1) is 5.92 Å². The molecule has 2 aliphatic rings. The average Bonchev–Trinajstić information content (AvgIpc) is 2.42. The van der Waals surface area contributed by atoms with Crippen LogP contribution in [-0.4, -0.2) is 11.2 Å². The molecule has 0 aromatic heterocycles. The van der Waals surface area contributed by atoms with E-state index < -0.39 is 0 Å². The van der Waals surface area contributed by atoms with Crippen molar-refractivity contribution in [2.45, 2.75) is 69.3 Å². The molecule has 2 aliphatic carbocycles. The Labute approximate surface area is 149 Å². The van der Waals surface area contributed by atoms with Crippen LogP contribution in [0.15, 0.2) is 18.2 Å².